The summed E-state index contributed by atoms with van der Waals surface area (Å²) in [4.78, 5) is 4.28. The summed E-state index contributed by atoms with van der Waals surface area (Å²) in [6.45, 7) is 4.10. The van der Waals surface area contributed by atoms with Crippen LogP contribution in [0.3, 0.4) is 0 Å². The van der Waals surface area contributed by atoms with E-state index in [1.807, 2.05) is 11.6 Å². The van der Waals surface area contributed by atoms with Crippen molar-refractivity contribution in [3.05, 3.63) is 16.6 Å². The molecular formula is C11H20N2OS. The van der Waals surface area contributed by atoms with Crippen LogP contribution in [-0.2, 0) is 4.74 Å². The van der Waals surface area contributed by atoms with Gasteiger partial charge in [0.1, 0.15) is 5.01 Å². The van der Waals surface area contributed by atoms with Crippen LogP contribution in [0.5, 0.6) is 0 Å². The van der Waals surface area contributed by atoms with Crippen LogP contribution in [0.25, 0.3) is 0 Å². The van der Waals surface area contributed by atoms with Crippen LogP contribution in [-0.4, -0.2) is 25.2 Å². The molecule has 0 saturated heterocycles. The Bertz CT molecular complexity index is 239. The Morgan fingerprint density at radius 3 is 3.00 bits per heavy atom. The third-order valence-corrected chi connectivity index (χ3v) is 3.26. The molecule has 0 aliphatic rings. The van der Waals surface area contributed by atoms with E-state index in [2.05, 4.69) is 17.2 Å². The SMILES string of the molecule is COCCCCCNC(C)c1nccs1. The van der Waals surface area contributed by atoms with Gasteiger partial charge in [0.25, 0.3) is 0 Å². The van der Waals surface area contributed by atoms with Crippen molar-refractivity contribution < 1.29 is 4.74 Å². The normalized spacial score (nSPS) is 12.9. The zero-order valence-electron chi connectivity index (χ0n) is 9.53. The Balaban J connectivity index is 2.00. The van der Waals surface area contributed by atoms with Gasteiger partial charge in [0.15, 0.2) is 0 Å². The summed E-state index contributed by atoms with van der Waals surface area (Å²) in [7, 11) is 1.75. The van der Waals surface area contributed by atoms with Gasteiger partial charge in [-0.15, -0.1) is 11.3 Å². The highest BCUT2D eigenvalue weighted by Gasteiger charge is 2.05. The molecule has 1 atom stereocenters. The number of ether oxygens (including phenoxy) is 1. The molecule has 0 amide bonds. The van der Waals surface area contributed by atoms with Crippen molar-refractivity contribution >= 4 is 11.3 Å². The molecule has 1 aromatic rings. The number of unbranched alkanes of at least 4 members (excludes halogenated alkanes) is 2. The Morgan fingerprint density at radius 2 is 2.33 bits per heavy atom. The van der Waals surface area contributed by atoms with E-state index in [1.165, 1.54) is 17.8 Å². The summed E-state index contributed by atoms with van der Waals surface area (Å²) in [5, 5.41) is 6.66. The van der Waals surface area contributed by atoms with Gasteiger partial charge in [-0.1, -0.05) is 0 Å². The van der Waals surface area contributed by atoms with E-state index in [0.717, 1.165) is 19.6 Å². The van der Waals surface area contributed by atoms with Gasteiger partial charge in [-0.2, -0.15) is 0 Å². The summed E-state index contributed by atoms with van der Waals surface area (Å²) in [6.07, 6.45) is 5.45. The highest BCUT2D eigenvalue weighted by atomic mass is 32.1. The standard InChI is InChI=1S/C11H20N2OS/c1-10(11-13-7-9-15-11)12-6-4-3-5-8-14-2/h7,9-10,12H,3-6,8H2,1-2H3. The first kappa shape index (κ1) is 12.6. The zero-order chi connectivity index (χ0) is 10.9. The molecule has 1 heterocycles. The minimum absolute atomic E-state index is 0.382. The Kier molecular flexibility index (Phi) is 6.55. The first-order valence-corrected chi connectivity index (χ1v) is 6.34. The maximum absolute atomic E-state index is 5.00. The molecule has 0 fully saturated rings. The fraction of sp³-hybridized carbons (Fsp3) is 0.727. The summed E-state index contributed by atoms with van der Waals surface area (Å²) < 4.78 is 5.00. The minimum atomic E-state index is 0.382. The molecule has 0 radical (unpaired) electrons. The van der Waals surface area contributed by atoms with Crippen LogP contribution in [0.2, 0.25) is 0 Å². The number of nitrogens with zero attached hydrogens (tertiary/aromatic N) is 1. The molecule has 15 heavy (non-hydrogen) atoms. The van der Waals surface area contributed by atoms with E-state index >= 15 is 0 Å². The lowest BCUT2D eigenvalue weighted by Crippen LogP contribution is -2.19. The Morgan fingerprint density at radius 1 is 1.47 bits per heavy atom. The topological polar surface area (TPSA) is 34.1 Å². The van der Waals surface area contributed by atoms with Crippen LogP contribution >= 0.6 is 11.3 Å². The van der Waals surface area contributed by atoms with Crippen molar-refractivity contribution in [1.82, 2.24) is 10.3 Å². The third-order valence-electron chi connectivity index (χ3n) is 2.30. The minimum Gasteiger partial charge on any atom is -0.385 e. The molecule has 0 aromatic carbocycles. The molecule has 1 N–H and O–H groups in total. The lowest BCUT2D eigenvalue weighted by molar-refractivity contribution is 0.192. The van der Waals surface area contributed by atoms with Crippen LogP contribution < -0.4 is 5.32 Å². The first-order chi connectivity index (χ1) is 7.34. The van der Waals surface area contributed by atoms with Crippen molar-refractivity contribution in [3.63, 3.8) is 0 Å². The molecule has 0 aliphatic carbocycles. The summed E-state index contributed by atoms with van der Waals surface area (Å²) in [6, 6.07) is 0.382. The lowest BCUT2D eigenvalue weighted by atomic mass is 10.2. The fourth-order valence-electron chi connectivity index (χ4n) is 1.40. The summed E-state index contributed by atoms with van der Waals surface area (Å²) in [5.74, 6) is 0. The van der Waals surface area contributed by atoms with Crippen LogP contribution in [0.4, 0.5) is 0 Å². The smallest absolute Gasteiger partial charge is 0.109 e. The molecule has 0 spiro atoms. The number of nitrogens with one attached hydrogen (secondary N) is 1. The second kappa shape index (κ2) is 7.79. The third kappa shape index (κ3) is 5.25. The van der Waals surface area contributed by atoms with Gasteiger partial charge < -0.3 is 10.1 Å². The highest BCUT2D eigenvalue weighted by molar-refractivity contribution is 7.09. The largest absolute Gasteiger partial charge is 0.385 e. The second-order valence-corrected chi connectivity index (χ2v) is 4.53. The van der Waals surface area contributed by atoms with Crippen LogP contribution in [0.1, 0.15) is 37.2 Å². The van der Waals surface area contributed by atoms with Crippen LogP contribution in [0, 0.1) is 0 Å². The van der Waals surface area contributed by atoms with Gasteiger partial charge in [-0.25, -0.2) is 4.98 Å². The Labute approximate surface area is 95.9 Å². The van der Waals surface area contributed by atoms with Gasteiger partial charge in [0.2, 0.25) is 0 Å². The van der Waals surface area contributed by atoms with Gasteiger partial charge >= 0.3 is 0 Å². The number of aromatic nitrogens is 1. The second-order valence-electron chi connectivity index (χ2n) is 3.60. The molecular weight excluding hydrogens is 208 g/mol. The van der Waals surface area contributed by atoms with Crippen molar-refractivity contribution in [2.24, 2.45) is 0 Å². The predicted octanol–water partition coefficient (Wildman–Crippen LogP) is 2.61. The number of methoxy groups -OCH3 is 1. The fourth-order valence-corrected chi connectivity index (χ4v) is 2.07. The Hall–Kier alpha value is -0.450. The van der Waals surface area contributed by atoms with Crippen molar-refractivity contribution in [2.45, 2.75) is 32.2 Å². The molecule has 1 rings (SSSR count). The lowest BCUT2D eigenvalue weighted by Gasteiger charge is -2.10. The first-order valence-electron chi connectivity index (χ1n) is 5.46. The summed E-state index contributed by atoms with van der Waals surface area (Å²) >= 11 is 1.71. The van der Waals surface area contributed by atoms with Crippen molar-refractivity contribution in [2.75, 3.05) is 20.3 Å². The number of rotatable bonds is 8. The quantitative estimate of drug-likeness (QED) is 0.694. The number of thiazole rings is 1. The monoisotopic (exact) mass is 228 g/mol. The van der Waals surface area contributed by atoms with Crippen molar-refractivity contribution in [1.29, 1.82) is 0 Å². The molecule has 1 aromatic heterocycles. The zero-order valence-corrected chi connectivity index (χ0v) is 10.3. The molecule has 0 bridgehead atoms. The van der Waals surface area contributed by atoms with E-state index < -0.39 is 0 Å². The van der Waals surface area contributed by atoms with Crippen LogP contribution in [0.15, 0.2) is 11.6 Å². The summed E-state index contributed by atoms with van der Waals surface area (Å²) in [5.41, 5.74) is 0. The van der Waals surface area contributed by atoms with E-state index in [1.54, 1.807) is 18.4 Å². The van der Waals surface area contributed by atoms with E-state index in [-0.39, 0.29) is 0 Å². The molecule has 1 unspecified atom stereocenters. The van der Waals surface area contributed by atoms with Gasteiger partial charge in [0, 0.05) is 25.3 Å². The van der Waals surface area contributed by atoms with Gasteiger partial charge in [-0.3, -0.25) is 0 Å². The molecule has 0 saturated carbocycles. The maximum Gasteiger partial charge on any atom is 0.109 e. The van der Waals surface area contributed by atoms with Gasteiger partial charge in [0.05, 0.1) is 6.04 Å². The number of hydrogen-bond acceptors (Lipinski definition) is 4. The molecule has 3 nitrogen and oxygen atoms in total. The highest BCUT2D eigenvalue weighted by Crippen LogP contribution is 2.14. The van der Waals surface area contributed by atoms with Crippen molar-refractivity contribution in [3.8, 4) is 0 Å². The molecule has 4 heteroatoms. The molecule has 0 aliphatic heterocycles. The van der Waals surface area contributed by atoms with Gasteiger partial charge in [-0.05, 0) is 32.7 Å². The number of hydrogen-bond donors (Lipinski definition) is 1. The average molecular weight is 228 g/mol. The van der Waals surface area contributed by atoms with E-state index in [0.29, 0.717) is 6.04 Å². The predicted molar refractivity (Wildman–Crippen MR) is 64.3 cm³/mol. The maximum atomic E-state index is 5.00. The van der Waals surface area contributed by atoms with E-state index in [4.69, 9.17) is 4.74 Å². The van der Waals surface area contributed by atoms with E-state index in [9.17, 15) is 0 Å². The molecule has 86 valence electrons. The average Bonchev–Trinajstić information content (AvgIpc) is 2.76.